The summed E-state index contributed by atoms with van der Waals surface area (Å²) >= 11 is 0. The predicted molar refractivity (Wildman–Crippen MR) is 144 cm³/mol. The molecule has 0 saturated heterocycles. The first kappa shape index (κ1) is 28.6. The third-order valence-corrected chi connectivity index (χ3v) is 6.08. The van der Waals surface area contributed by atoms with Crippen LogP contribution in [0, 0.1) is 0 Å². The van der Waals surface area contributed by atoms with Gasteiger partial charge in [0.25, 0.3) is 0 Å². The van der Waals surface area contributed by atoms with Crippen LogP contribution in [0.2, 0.25) is 0 Å². The van der Waals surface area contributed by atoms with E-state index in [0.29, 0.717) is 6.61 Å². The van der Waals surface area contributed by atoms with Crippen molar-refractivity contribution in [1.82, 2.24) is 0 Å². The van der Waals surface area contributed by atoms with Crippen LogP contribution in [0.25, 0.3) is 11.1 Å². The van der Waals surface area contributed by atoms with Crippen molar-refractivity contribution in [1.29, 1.82) is 0 Å². The minimum atomic E-state index is -0.348. The van der Waals surface area contributed by atoms with Gasteiger partial charge >= 0.3 is 5.97 Å². The average molecular weight is 481 g/mol. The average Bonchev–Trinajstić information content (AvgIpc) is 2.89. The SMILES string of the molecule is C=CC(=O)OC(CCCC)CCCOC(CCCCCCC)Oc1ccc(-c2ccccc2)cc1. The maximum absolute atomic E-state index is 11.6. The lowest BCUT2D eigenvalue weighted by molar-refractivity contribution is -0.144. The Morgan fingerprint density at radius 2 is 1.46 bits per heavy atom. The molecule has 192 valence electrons. The van der Waals surface area contributed by atoms with Crippen molar-refractivity contribution < 1.29 is 19.0 Å². The summed E-state index contributed by atoms with van der Waals surface area (Å²) in [5.41, 5.74) is 2.36. The smallest absolute Gasteiger partial charge is 0.330 e. The summed E-state index contributed by atoms with van der Waals surface area (Å²) in [5.74, 6) is 0.475. The van der Waals surface area contributed by atoms with E-state index in [1.165, 1.54) is 42.9 Å². The Morgan fingerprint density at radius 1 is 0.800 bits per heavy atom. The molecule has 35 heavy (non-hydrogen) atoms. The zero-order chi connectivity index (χ0) is 25.1. The van der Waals surface area contributed by atoms with Crippen LogP contribution in [-0.4, -0.2) is 25.0 Å². The lowest BCUT2D eigenvalue weighted by Gasteiger charge is -2.21. The topological polar surface area (TPSA) is 44.8 Å². The van der Waals surface area contributed by atoms with Crippen molar-refractivity contribution >= 4 is 5.97 Å². The number of ether oxygens (including phenoxy) is 3. The summed E-state index contributed by atoms with van der Waals surface area (Å²) < 4.78 is 17.9. The molecule has 0 saturated carbocycles. The summed E-state index contributed by atoms with van der Waals surface area (Å²) in [6, 6.07) is 18.6. The summed E-state index contributed by atoms with van der Waals surface area (Å²) in [6.45, 7) is 8.46. The van der Waals surface area contributed by atoms with Gasteiger partial charge in [-0.1, -0.05) is 101 Å². The summed E-state index contributed by atoms with van der Waals surface area (Å²) in [6.07, 6.45) is 12.4. The lowest BCUT2D eigenvalue weighted by Crippen LogP contribution is -2.22. The highest BCUT2D eigenvalue weighted by Crippen LogP contribution is 2.24. The Kier molecular flexibility index (Phi) is 14.6. The van der Waals surface area contributed by atoms with E-state index >= 15 is 0 Å². The van der Waals surface area contributed by atoms with E-state index in [4.69, 9.17) is 14.2 Å². The second kappa shape index (κ2) is 17.8. The molecule has 0 heterocycles. The van der Waals surface area contributed by atoms with E-state index in [0.717, 1.165) is 50.7 Å². The normalized spacial score (nSPS) is 12.6. The molecule has 0 N–H and O–H groups in total. The zero-order valence-electron chi connectivity index (χ0n) is 21.8. The van der Waals surface area contributed by atoms with Gasteiger partial charge in [0.15, 0.2) is 6.29 Å². The van der Waals surface area contributed by atoms with E-state index in [9.17, 15) is 4.79 Å². The van der Waals surface area contributed by atoms with Crippen LogP contribution < -0.4 is 4.74 Å². The van der Waals surface area contributed by atoms with Gasteiger partial charge < -0.3 is 14.2 Å². The Morgan fingerprint density at radius 3 is 2.14 bits per heavy atom. The fourth-order valence-electron chi connectivity index (χ4n) is 4.03. The minimum absolute atomic E-state index is 0.0806. The summed E-state index contributed by atoms with van der Waals surface area (Å²) in [7, 11) is 0. The molecule has 2 rings (SSSR count). The van der Waals surface area contributed by atoms with Crippen LogP contribution in [0.4, 0.5) is 0 Å². The molecule has 2 unspecified atom stereocenters. The molecule has 0 bridgehead atoms. The maximum Gasteiger partial charge on any atom is 0.330 e. The van der Waals surface area contributed by atoms with Crippen LogP contribution in [0.3, 0.4) is 0 Å². The van der Waals surface area contributed by atoms with E-state index < -0.39 is 0 Å². The van der Waals surface area contributed by atoms with Gasteiger partial charge in [-0.15, -0.1) is 0 Å². The molecule has 0 radical (unpaired) electrons. The van der Waals surface area contributed by atoms with Crippen LogP contribution in [0.1, 0.15) is 84.5 Å². The van der Waals surface area contributed by atoms with Gasteiger partial charge in [-0.2, -0.15) is 0 Å². The molecule has 2 aromatic carbocycles. The van der Waals surface area contributed by atoms with Crippen molar-refractivity contribution in [2.45, 2.75) is 96.9 Å². The van der Waals surface area contributed by atoms with E-state index in [2.05, 4.69) is 44.7 Å². The number of hydrogen-bond acceptors (Lipinski definition) is 4. The summed E-state index contributed by atoms with van der Waals surface area (Å²) in [4.78, 5) is 11.6. The van der Waals surface area contributed by atoms with E-state index in [1.54, 1.807) is 0 Å². The van der Waals surface area contributed by atoms with Crippen LogP contribution >= 0.6 is 0 Å². The third kappa shape index (κ3) is 12.1. The minimum Gasteiger partial charge on any atom is -0.465 e. The van der Waals surface area contributed by atoms with E-state index in [1.807, 2.05) is 30.3 Å². The quantitative estimate of drug-likeness (QED) is 0.0875. The fraction of sp³-hybridized carbons (Fsp3) is 0.516. The van der Waals surface area contributed by atoms with Crippen LogP contribution in [0.15, 0.2) is 67.3 Å². The number of rotatable bonds is 19. The van der Waals surface area contributed by atoms with Gasteiger partial charge in [0, 0.05) is 12.5 Å². The highest BCUT2D eigenvalue weighted by molar-refractivity contribution is 5.81. The van der Waals surface area contributed by atoms with Crippen LogP contribution in [-0.2, 0) is 14.3 Å². The molecule has 4 heteroatoms. The first-order valence-electron chi connectivity index (χ1n) is 13.4. The molecule has 2 atom stereocenters. The van der Waals surface area contributed by atoms with Crippen molar-refractivity contribution in [3.63, 3.8) is 0 Å². The molecule has 4 nitrogen and oxygen atoms in total. The molecule has 0 fully saturated rings. The predicted octanol–water partition coefficient (Wildman–Crippen LogP) is 8.50. The standard InChI is InChI=1S/C31H44O4/c1-4-7-9-10-14-20-31(33-25-15-19-28(18-8-5-2)34-30(32)6-3)35-29-23-21-27(22-24-29)26-16-12-11-13-17-26/h6,11-13,16-17,21-24,28,31H,3-5,7-10,14-15,18-20,25H2,1-2H3. The van der Waals surface area contributed by atoms with Gasteiger partial charge in [0.2, 0.25) is 0 Å². The fourth-order valence-corrected chi connectivity index (χ4v) is 4.03. The van der Waals surface area contributed by atoms with Gasteiger partial charge in [0.05, 0.1) is 6.61 Å². The second-order valence-corrected chi connectivity index (χ2v) is 9.06. The highest BCUT2D eigenvalue weighted by Gasteiger charge is 2.15. The first-order chi connectivity index (χ1) is 17.2. The molecule has 2 aromatic rings. The number of benzene rings is 2. The number of carbonyl (C=O) groups is 1. The molecular weight excluding hydrogens is 436 g/mol. The maximum atomic E-state index is 11.6. The van der Waals surface area contributed by atoms with Crippen molar-refractivity contribution in [2.24, 2.45) is 0 Å². The zero-order valence-corrected chi connectivity index (χ0v) is 21.8. The third-order valence-electron chi connectivity index (χ3n) is 6.08. The number of unbranched alkanes of at least 4 members (excludes halogenated alkanes) is 5. The molecule has 0 spiro atoms. The van der Waals surface area contributed by atoms with Gasteiger partial charge in [-0.05, 0) is 48.9 Å². The van der Waals surface area contributed by atoms with Gasteiger partial charge in [-0.3, -0.25) is 0 Å². The monoisotopic (exact) mass is 480 g/mol. The van der Waals surface area contributed by atoms with Gasteiger partial charge in [-0.25, -0.2) is 4.79 Å². The number of esters is 1. The number of hydrogen-bond donors (Lipinski definition) is 0. The van der Waals surface area contributed by atoms with Crippen molar-refractivity contribution in [3.05, 3.63) is 67.3 Å². The highest BCUT2D eigenvalue weighted by atomic mass is 16.7. The Bertz CT molecular complexity index is 816. The molecule has 0 aliphatic carbocycles. The van der Waals surface area contributed by atoms with E-state index in [-0.39, 0.29) is 18.4 Å². The van der Waals surface area contributed by atoms with Gasteiger partial charge in [0.1, 0.15) is 11.9 Å². The van der Waals surface area contributed by atoms with Crippen LogP contribution in [0.5, 0.6) is 5.75 Å². The van der Waals surface area contributed by atoms with Crippen molar-refractivity contribution in [3.8, 4) is 16.9 Å². The summed E-state index contributed by atoms with van der Waals surface area (Å²) in [5, 5.41) is 0. The molecule has 0 amide bonds. The first-order valence-corrected chi connectivity index (χ1v) is 13.4. The molecular formula is C31H44O4. The number of carbonyl (C=O) groups excluding carboxylic acids is 1. The molecule has 0 aromatic heterocycles. The largest absolute Gasteiger partial charge is 0.465 e. The van der Waals surface area contributed by atoms with Crippen molar-refractivity contribution in [2.75, 3.05) is 6.61 Å². The Balaban J connectivity index is 1.88. The second-order valence-electron chi connectivity index (χ2n) is 9.06. The molecule has 0 aliphatic rings. The Labute approximate surface area is 212 Å². The Hall–Kier alpha value is -2.59. The lowest BCUT2D eigenvalue weighted by atomic mass is 10.1. The molecule has 0 aliphatic heterocycles.